The predicted octanol–water partition coefficient (Wildman–Crippen LogP) is 4.68. The molecule has 0 unspecified atom stereocenters. The molecule has 126 valence electrons. The quantitative estimate of drug-likeness (QED) is 0.705. The highest BCUT2D eigenvalue weighted by Gasteiger charge is 2.34. The van der Waals surface area contributed by atoms with E-state index >= 15 is 0 Å². The molecule has 0 aliphatic heterocycles. The number of aromatic amines is 1. The second-order valence-corrected chi connectivity index (χ2v) is 5.58. The highest BCUT2D eigenvalue weighted by Crippen LogP contribution is 2.34. The first kappa shape index (κ1) is 16.2. The molecule has 0 amide bonds. The van der Waals surface area contributed by atoms with Gasteiger partial charge in [0.05, 0.1) is 12.0 Å². The van der Waals surface area contributed by atoms with E-state index in [4.69, 9.17) is 0 Å². The third-order valence-corrected chi connectivity index (χ3v) is 3.56. The van der Waals surface area contributed by atoms with Crippen molar-refractivity contribution < 1.29 is 17.6 Å². The van der Waals surface area contributed by atoms with Crippen LogP contribution in [-0.4, -0.2) is 19.5 Å². The summed E-state index contributed by atoms with van der Waals surface area (Å²) in [6, 6.07) is 5.56. The monoisotopic (exact) mass is 338 g/mol. The Morgan fingerprint density at radius 3 is 2.33 bits per heavy atom. The Balaban J connectivity index is 2.16. The standard InChI is InChI=1S/C16H14F4N4/c1-9(2)24-8-22-13(10-3-5-11(17)6-4-10)14(24)15-21-7-12(23-15)16(18,19)20/h3-9H,1-2H3,(H,21,23). The van der Waals surface area contributed by atoms with Crippen LogP contribution < -0.4 is 0 Å². The molecule has 4 nitrogen and oxygen atoms in total. The molecule has 8 heteroatoms. The number of H-pyrrole nitrogens is 1. The average Bonchev–Trinajstić information content (AvgIpc) is 3.13. The van der Waals surface area contributed by atoms with E-state index in [1.807, 2.05) is 13.8 Å². The fourth-order valence-electron chi connectivity index (χ4n) is 2.39. The van der Waals surface area contributed by atoms with Crippen molar-refractivity contribution in [2.75, 3.05) is 0 Å². The molecule has 0 aliphatic rings. The summed E-state index contributed by atoms with van der Waals surface area (Å²) in [7, 11) is 0. The molecular formula is C16H14F4N4. The fraction of sp³-hybridized carbons (Fsp3) is 0.250. The van der Waals surface area contributed by atoms with Crippen molar-refractivity contribution in [2.45, 2.75) is 26.1 Å². The maximum absolute atomic E-state index is 13.1. The summed E-state index contributed by atoms with van der Waals surface area (Å²) in [6.07, 6.45) is -2.18. The van der Waals surface area contributed by atoms with Crippen LogP contribution in [0.1, 0.15) is 25.6 Å². The van der Waals surface area contributed by atoms with E-state index < -0.39 is 17.7 Å². The lowest BCUT2D eigenvalue weighted by molar-refractivity contribution is -0.140. The minimum Gasteiger partial charge on any atom is -0.343 e. The zero-order valence-electron chi connectivity index (χ0n) is 12.9. The molecule has 0 saturated heterocycles. The Morgan fingerprint density at radius 2 is 1.79 bits per heavy atom. The number of halogens is 4. The summed E-state index contributed by atoms with van der Waals surface area (Å²) >= 11 is 0. The Hall–Kier alpha value is -2.64. The third kappa shape index (κ3) is 2.91. The second-order valence-electron chi connectivity index (χ2n) is 5.58. The molecule has 1 aromatic carbocycles. The van der Waals surface area contributed by atoms with Gasteiger partial charge in [-0.15, -0.1) is 0 Å². The van der Waals surface area contributed by atoms with Crippen molar-refractivity contribution in [3.8, 4) is 22.8 Å². The number of nitrogens with zero attached hydrogens (tertiary/aromatic N) is 3. The van der Waals surface area contributed by atoms with Gasteiger partial charge in [-0.1, -0.05) is 0 Å². The third-order valence-electron chi connectivity index (χ3n) is 3.56. The first-order valence-corrected chi connectivity index (χ1v) is 7.23. The zero-order chi connectivity index (χ0) is 17.5. The summed E-state index contributed by atoms with van der Waals surface area (Å²) in [5, 5.41) is 0. The molecule has 0 aliphatic carbocycles. The SMILES string of the molecule is CC(C)n1cnc(-c2ccc(F)cc2)c1-c1nc(C(F)(F)F)c[nH]1. The number of rotatable bonds is 3. The summed E-state index contributed by atoms with van der Waals surface area (Å²) in [6.45, 7) is 3.76. The number of hydrogen-bond acceptors (Lipinski definition) is 2. The van der Waals surface area contributed by atoms with E-state index in [1.54, 1.807) is 4.57 Å². The van der Waals surface area contributed by atoms with Crippen molar-refractivity contribution in [3.05, 3.63) is 48.3 Å². The van der Waals surface area contributed by atoms with Gasteiger partial charge in [0.25, 0.3) is 0 Å². The highest BCUT2D eigenvalue weighted by molar-refractivity contribution is 5.75. The van der Waals surface area contributed by atoms with Gasteiger partial charge in [0.1, 0.15) is 11.5 Å². The summed E-state index contributed by atoms with van der Waals surface area (Å²) in [5.41, 5.74) is 0.453. The lowest BCUT2D eigenvalue weighted by atomic mass is 10.1. The van der Waals surface area contributed by atoms with Gasteiger partial charge in [-0.2, -0.15) is 13.2 Å². The molecule has 2 heterocycles. The summed E-state index contributed by atoms with van der Waals surface area (Å²) in [5.74, 6) is -0.339. The number of hydrogen-bond donors (Lipinski definition) is 1. The van der Waals surface area contributed by atoms with E-state index in [0.717, 1.165) is 6.20 Å². The Kier molecular flexibility index (Phi) is 3.90. The smallest absolute Gasteiger partial charge is 0.343 e. The Bertz CT molecular complexity index is 844. The molecule has 0 radical (unpaired) electrons. The molecule has 3 rings (SSSR count). The van der Waals surface area contributed by atoms with Gasteiger partial charge in [-0.05, 0) is 38.1 Å². The molecule has 24 heavy (non-hydrogen) atoms. The van der Waals surface area contributed by atoms with Crippen LogP contribution in [0.2, 0.25) is 0 Å². The average molecular weight is 338 g/mol. The topological polar surface area (TPSA) is 46.5 Å². The van der Waals surface area contributed by atoms with Gasteiger partial charge >= 0.3 is 6.18 Å². The fourth-order valence-corrected chi connectivity index (χ4v) is 2.39. The molecule has 0 bridgehead atoms. The molecule has 3 aromatic rings. The first-order valence-electron chi connectivity index (χ1n) is 7.23. The maximum Gasteiger partial charge on any atom is 0.434 e. The van der Waals surface area contributed by atoms with Crippen LogP contribution in [0.25, 0.3) is 22.8 Å². The maximum atomic E-state index is 13.1. The van der Waals surface area contributed by atoms with Crippen molar-refractivity contribution in [1.82, 2.24) is 19.5 Å². The van der Waals surface area contributed by atoms with Crippen molar-refractivity contribution >= 4 is 0 Å². The van der Waals surface area contributed by atoms with Crippen LogP contribution in [0.3, 0.4) is 0 Å². The van der Waals surface area contributed by atoms with Gasteiger partial charge in [0, 0.05) is 17.8 Å². The van der Waals surface area contributed by atoms with E-state index in [0.29, 0.717) is 17.0 Å². The minimum absolute atomic E-state index is 0.0406. The molecular weight excluding hydrogens is 324 g/mol. The van der Waals surface area contributed by atoms with E-state index in [2.05, 4.69) is 15.0 Å². The molecule has 2 aromatic heterocycles. The number of imidazole rings is 2. The first-order chi connectivity index (χ1) is 11.3. The summed E-state index contributed by atoms with van der Waals surface area (Å²) < 4.78 is 53.3. The van der Waals surface area contributed by atoms with E-state index in [1.165, 1.54) is 30.6 Å². The lowest BCUT2D eigenvalue weighted by Gasteiger charge is -2.11. The molecule has 0 atom stereocenters. The normalized spacial score (nSPS) is 12.1. The van der Waals surface area contributed by atoms with Gasteiger partial charge in [-0.25, -0.2) is 14.4 Å². The second kappa shape index (κ2) is 5.77. The number of benzene rings is 1. The molecule has 0 spiro atoms. The van der Waals surface area contributed by atoms with E-state index in [-0.39, 0.29) is 11.9 Å². The van der Waals surface area contributed by atoms with Gasteiger partial charge < -0.3 is 9.55 Å². The number of alkyl halides is 3. The Labute approximate surface area is 135 Å². The predicted molar refractivity (Wildman–Crippen MR) is 80.6 cm³/mol. The zero-order valence-corrected chi connectivity index (χ0v) is 12.9. The number of aromatic nitrogens is 4. The molecule has 0 saturated carbocycles. The largest absolute Gasteiger partial charge is 0.434 e. The van der Waals surface area contributed by atoms with Crippen LogP contribution in [-0.2, 0) is 6.18 Å². The highest BCUT2D eigenvalue weighted by atomic mass is 19.4. The Morgan fingerprint density at radius 1 is 1.12 bits per heavy atom. The van der Waals surface area contributed by atoms with Crippen molar-refractivity contribution in [3.63, 3.8) is 0 Å². The van der Waals surface area contributed by atoms with Crippen LogP contribution in [0.15, 0.2) is 36.8 Å². The van der Waals surface area contributed by atoms with Gasteiger partial charge in [-0.3, -0.25) is 0 Å². The van der Waals surface area contributed by atoms with Gasteiger partial charge in [0.2, 0.25) is 0 Å². The van der Waals surface area contributed by atoms with Crippen LogP contribution in [0, 0.1) is 5.82 Å². The summed E-state index contributed by atoms with van der Waals surface area (Å²) in [4.78, 5) is 10.5. The number of nitrogens with one attached hydrogen (secondary N) is 1. The minimum atomic E-state index is -4.53. The van der Waals surface area contributed by atoms with Crippen LogP contribution >= 0.6 is 0 Å². The van der Waals surface area contributed by atoms with Crippen LogP contribution in [0.5, 0.6) is 0 Å². The van der Waals surface area contributed by atoms with E-state index in [9.17, 15) is 17.6 Å². The van der Waals surface area contributed by atoms with Crippen LogP contribution in [0.4, 0.5) is 17.6 Å². The molecule has 0 fully saturated rings. The lowest BCUT2D eigenvalue weighted by Crippen LogP contribution is -2.06. The van der Waals surface area contributed by atoms with Crippen molar-refractivity contribution in [1.29, 1.82) is 0 Å². The van der Waals surface area contributed by atoms with Crippen molar-refractivity contribution in [2.24, 2.45) is 0 Å². The molecule has 1 N–H and O–H groups in total. The van der Waals surface area contributed by atoms with Gasteiger partial charge in [0.15, 0.2) is 11.5 Å².